The summed E-state index contributed by atoms with van der Waals surface area (Å²) in [6.45, 7) is 5.17. The Morgan fingerprint density at radius 1 is 1.29 bits per heavy atom. The first-order valence-corrected chi connectivity index (χ1v) is 6.98. The van der Waals surface area contributed by atoms with Gasteiger partial charge in [-0.1, -0.05) is 25.4 Å². The molecule has 3 heteroatoms. The Morgan fingerprint density at radius 2 is 2.06 bits per heavy atom. The average molecular weight is 273 g/mol. The van der Waals surface area contributed by atoms with Crippen LogP contribution in [0, 0.1) is 5.92 Å². The van der Waals surface area contributed by atoms with E-state index in [1.54, 1.807) is 0 Å². The molecule has 1 atom stereocenters. The maximum Gasteiger partial charge on any atom is 0.127 e. The molecule has 0 amide bonds. The molecule has 0 fully saturated rings. The van der Waals surface area contributed by atoms with Gasteiger partial charge in [0.25, 0.3) is 0 Å². The van der Waals surface area contributed by atoms with Crippen molar-refractivity contribution in [2.45, 2.75) is 38.5 Å². The Balaban J connectivity index is 2.20. The monoisotopic (exact) mass is 272 g/mol. The Bertz CT molecular complexity index is 401. The van der Waals surface area contributed by atoms with Crippen LogP contribution in [0.3, 0.4) is 0 Å². The SMILES string of the molecule is CC(C)CCC(Cl)c1cc(Cl)cc2c1OCC2. The maximum atomic E-state index is 6.47. The summed E-state index contributed by atoms with van der Waals surface area (Å²) in [4.78, 5) is 0. The second kappa shape index (κ2) is 5.49. The third-order valence-corrected chi connectivity index (χ3v) is 3.78. The molecule has 0 saturated carbocycles. The summed E-state index contributed by atoms with van der Waals surface area (Å²) in [5, 5.41) is 0.766. The molecule has 0 spiro atoms. The van der Waals surface area contributed by atoms with Crippen molar-refractivity contribution in [3.63, 3.8) is 0 Å². The quantitative estimate of drug-likeness (QED) is 0.702. The zero-order chi connectivity index (χ0) is 12.4. The van der Waals surface area contributed by atoms with Crippen LogP contribution in [0.2, 0.25) is 5.02 Å². The zero-order valence-electron chi connectivity index (χ0n) is 10.3. The van der Waals surface area contributed by atoms with Crippen LogP contribution < -0.4 is 4.74 Å². The van der Waals surface area contributed by atoms with E-state index in [0.29, 0.717) is 5.92 Å². The Kier molecular flexibility index (Phi) is 4.22. The normalized spacial score (nSPS) is 15.8. The van der Waals surface area contributed by atoms with E-state index >= 15 is 0 Å². The highest BCUT2D eigenvalue weighted by Crippen LogP contribution is 2.40. The molecule has 1 aromatic rings. The zero-order valence-corrected chi connectivity index (χ0v) is 11.8. The van der Waals surface area contributed by atoms with Gasteiger partial charge in [0, 0.05) is 17.0 Å². The van der Waals surface area contributed by atoms with Crippen molar-refractivity contribution in [3.8, 4) is 5.75 Å². The van der Waals surface area contributed by atoms with Crippen LogP contribution in [-0.4, -0.2) is 6.61 Å². The van der Waals surface area contributed by atoms with E-state index in [0.717, 1.165) is 42.2 Å². The van der Waals surface area contributed by atoms with Crippen LogP contribution >= 0.6 is 23.2 Å². The van der Waals surface area contributed by atoms with Gasteiger partial charge in [-0.25, -0.2) is 0 Å². The Hall–Kier alpha value is -0.400. The van der Waals surface area contributed by atoms with Gasteiger partial charge in [-0.05, 0) is 36.5 Å². The minimum absolute atomic E-state index is 0.00273. The fourth-order valence-corrected chi connectivity index (χ4v) is 2.70. The van der Waals surface area contributed by atoms with Gasteiger partial charge >= 0.3 is 0 Å². The molecule has 1 aliphatic rings. The van der Waals surface area contributed by atoms with Crippen LogP contribution in [-0.2, 0) is 6.42 Å². The maximum absolute atomic E-state index is 6.47. The van der Waals surface area contributed by atoms with Crippen LogP contribution in [0.4, 0.5) is 0 Å². The second-order valence-corrected chi connectivity index (χ2v) is 5.98. The molecule has 0 N–H and O–H groups in total. The molecule has 0 bridgehead atoms. The van der Waals surface area contributed by atoms with Crippen LogP contribution in [0.1, 0.15) is 43.2 Å². The topological polar surface area (TPSA) is 9.23 Å². The van der Waals surface area contributed by atoms with Crippen molar-refractivity contribution in [1.82, 2.24) is 0 Å². The third-order valence-electron chi connectivity index (χ3n) is 3.11. The molecule has 1 aromatic carbocycles. The summed E-state index contributed by atoms with van der Waals surface area (Å²) >= 11 is 12.6. The van der Waals surface area contributed by atoms with Crippen molar-refractivity contribution in [1.29, 1.82) is 0 Å². The molecule has 1 unspecified atom stereocenters. The number of halogens is 2. The molecule has 2 rings (SSSR count). The summed E-state index contributed by atoms with van der Waals surface area (Å²) in [7, 11) is 0. The standard InChI is InChI=1S/C14H18Cl2O/c1-9(2)3-4-13(16)12-8-11(15)7-10-5-6-17-14(10)12/h7-9,13H,3-6H2,1-2H3. The molecule has 17 heavy (non-hydrogen) atoms. The lowest BCUT2D eigenvalue weighted by Crippen LogP contribution is -1.98. The Labute approximate surface area is 113 Å². The fourth-order valence-electron chi connectivity index (χ4n) is 2.17. The van der Waals surface area contributed by atoms with Gasteiger partial charge in [-0.15, -0.1) is 11.6 Å². The molecular weight excluding hydrogens is 255 g/mol. The number of fused-ring (bicyclic) bond motifs is 1. The molecular formula is C14H18Cl2O. The van der Waals surface area contributed by atoms with Gasteiger partial charge in [0.15, 0.2) is 0 Å². The molecule has 0 aliphatic carbocycles. The first-order chi connectivity index (χ1) is 8.08. The Morgan fingerprint density at radius 3 is 2.76 bits per heavy atom. The lowest BCUT2D eigenvalue weighted by Gasteiger charge is -2.15. The largest absolute Gasteiger partial charge is 0.493 e. The highest BCUT2D eigenvalue weighted by Gasteiger charge is 2.22. The van der Waals surface area contributed by atoms with Crippen LogP contribution in [0.25, 0.3) is 0 Å². The van der Waals surface area contributed by atoms with Gasteiger partial charge in [0.05, 0.1) is 12.0 Å². The van der Waals surface area contributed by atoms with Crippen LogP contribution in [0.5, 0.6) is 5.75 Å². The highest BCUT2D eigenvalue weighted by atomic mass is 35.5. The van der Waals surface area contributed by atoms with E-state index in [4.69, 9.17) is 27.9 Å². The summed E-state index contributed by atoms with van der Waals surface area (Å²) in [5.74, 6) is 1.64. The van der Waals surface area contributed by atoms with Gasteiger partial charge in [-0.2, -0.15) is 0 Å². The molecule has 0 radical (unpaired) electrons. The van der Waals surface area contributed by atoms with Crippen molar-refractivity contribution >= 4 is 23.2 Å². The second-order valence-electron chi connectivity index (χ2n) is 5.02. The van der Waals surface area contributed by atoms with Gasteiger partial charge in [0.2, 0.25) is 0 Å². The predicted octanol–water partition coefficient (Wildman–Crippen LogP) is 4.99. The minimum Gasteiger partial charge on any atom is -0.493 e. The molecule has 94 valence electrons. The van der Waals surface area contributed by atoms with Crippen molar-refractivity contribution in [2.75, 3.05) is 6.61 Å². The summed E-state index contributed by atoms with van der Waals surface area (Å²) in [6.07, 6.45) is 3.03. The number of alkyl halides is 1. The predicted molar refractivity (Wildman–Crippen MR) is 73.3 cm³/mol. The number of hydrogen-bond donors (Lipinski definition) is 0. The van der Waals surface area contributed by atoms with Crippen molar-refractivity contribution < 1.29 is 4.74 Å². The van der Waals surface area contributed by atoms with Crippen molar-refractivity contribution in [2.24, 2.45) is 5.92 Å². The molecule has 1 aliphatic heterocycles. The molecule has 1 heterocycles. The first kappa shape index (κ1) is 13.0. The van der Waals surface area contributed by atoms with E-state index in [1.807, 2.05) is 12.1 Å². The lowest BCUT2D eigenvalue weighted by atomic mass is 9.99. The summed E-state index contributed by atoms with van der Waals surface area (Å²) in [6, 6.07) is 3.93. The van der Waals surface area contributed by atoms with Gasteiger partial charge in [0.1, 0.15) is 5.75 Å². The lowest BCUT2D eigenvalue weighted by molar-refractivity contribution is 0.352. The van der Waals surface area contributed by atoms with Gasteiger partial charge < -0.3 is 4.74 Å². The van der Waals surface area contributed by atoms with Crippen molar-refractivity contribution in [3.05, 3.63) is 28.3 Å². The van der Waals surface area contributed by atoms with Gasteiger partial charge in [-0.3, -0.25) is 0 Å². The fraction of sp³-hybridized carbons (Fsp3) is 0.571. The van der Waals surface area contributed by atoms with E-state index in [9.17, 15) is 0 Å². The summed E-state index contributed by atoms with van der Waals surface area (Å²) < 4.78 is 5.67. The highest BCUT2D eigenvalue weighted by molar-refractivity contribution is 6.31. The molecule has 0 saturated heterocycles. The van der Waals surface area contributed by atoms with E-state index < -0.39 is 0 Å². The minimum atomic E-state index is 0.00273. The average Bonchev–Trinajstić information content (AvgIpc) is 2.72. The molecule has 0 aromatic heterocycles. The molecule has 1 nitrogen and oxygen atoms in total. The number of benzene rings is 1. The third kappa shape index (κ3) is 3.08. The van der Waals surface area contributed by atoms with E-state index in [2.05, 4.69) is 13.8 Å². The van der Waals surface area contributed by atoms with E-state index in [1.165, 1.54) is 5.56 Å². The number of ether oxygens (including phenoxy) is 1. The smallest absolute Gasteiger partial charge is 0.127 e. The number of rotatable bonds is 4. The van der Waals surface area contributed by atoms with Crippen LogP contribution in [0.15, 0.2) is 12.1 Å². The number of hydrogen-bond acceptors (Lipinski definition) is 1. The summed E-state index contributed by atoms with van der Waals surface area (Å²) in [5.41, 5.74) is 2.26. The van der Waals surface area contributed by atoms with E-state index in [-0.39, 0.29) is 5.38 Å². The first-order valence-electron chi connectivity index (χ1n) is 6.17.